The highest BCUT2D eigenvalue weighted by Crippen LogP contribution is 2.23. The van der Waals surface area contributed by atoms with Gasteiger partial charge in [-0.1, -0.05) is 31.5 Å². The van der Waals surface area contributed by atoms with Gasteiger partial charge in [0.25, 0.3) is 0 Å². The van der Waals surface area contributed by atoms with E-state index in [1.54, 1.807) is 6.07 Å². The molecular formula is C15H21ClN2O. The molecule has 1 saturated heterocycles. The van der Waals surface area contributed by atoms with Crippen molar-refractivity contribution >= 4 is 23.3 Å². The van der Waals surface area contributed by atoms with Gasteiger partial charge in [-0.05, 0) is 42.9 Å². The van der Waals surface area contributed by atoms with Gasteiger partial charge in [-0.2, -0.15) is 0 Å². The fraction of sp³-hybridized carbons (Fsp3) is 0.533. The van der Waals surface area contributed by atoms with Gasteiger partial charge in [0.2, 0.25) is 0 Å². The number of carbonyl (C=O) groups is 1. The fourth-order valence-corrected chi connectivity index (χ4v) is 2.88. The Kier molecular flexibility index (Phi) is 4.35. The number of aryl methyl sites for hydroxylation is 1. The maximum atomic E-state index is 12.2. The molecule has 104 valence electrons. The third kappa shape index (κ3) is 3.63. The third-order valence-corrected chi connectivity index (χ3v) is 3.99. The molecule has 2 amide bonds. The van der Waals surface area contributed by atoms with Crippen molar-refractivity contribution in [2.75, 3.05) is 18.4 Å². The van der Waals surface area contributed by atoms with E-state index in [2.05, 4.69) is 19.2 Å². The average Bonchev–Trinajstić information content (AvgIpc) is 2.32. The number of amides is 2. The van der Waals surface area contributed by atoms with Gasteiger partial charge < -0.3 is 10.2 Å². The van der Waals surface area contributed by atoms with E-state index in [4.69, 9.17) is 11.6 Å². The highest BCUT2D eigenvalue weighted by molar-refractivity contribution is 6.31. The molecule has 0 saturated carbocycles. The van der Waals surface area contributed by atoms with Crippen molar-refractivity contribution in [3.8, 4) is 0 Å². The largest absolute Gasteiger partial charge is 0.324 e. The first-order valence-corrected chi connectivity index (χ1v) is 7.15. The first-order valence-electron chi connectivity index (χ1n) is 6.77. The summed E-state index contributed by atoms with van der Waals surface area (Å²) in [5.74, 6) is 1.13. The third-order valence-electron chi connectivity index (χ3n) is 3.58. The number of urea groups is 1. The lowest BCUT2D eigenvalue weighted by atomic mass is 9.92. The molecular weight excluding hydrogens is 260 g/mol. The highest BCUT2D eigenvalue weighted by Gasteiger charge is 2.25. The first-order chi connectivity index (χ1) is 8.95. The summed E-state index contributed by atoms with van der Waals surface area (Å²) in [4.78, 5) is 14.1. The molecule has 0 unspecified atom stereocenters. The van der Waals surface area contributed by atoms with E-state index in [-0.39, 0.29) is 6.03 Å². The topological polar surface area (TPSA) is 32.3 Å². The van der Waals surface area contributed by atoms with Crippen molar-refractivity contribution in [1.82, 2.24) is 4.90 Å². The fourth-order valence-electron chi connectivity index (χ4n) is 2.70. The van der Waals surface area contributed by atoms with E-state index in [0.717, 1.165) is 24.3 Å². The Morgan fingerprint density at radius 2 is 1.95 bits per heavy atom. The summed E-state index contributed by atoms with van der Waals surface area (Å²) in [6, 6.07) is 5.57. The Labute approximate surface area is 119 Å². The summed E-state index contributed by atoms with van der Waals surface area (Å²) in [7, 11) is 0. The van der Waals surface area contributed by atoms with E-state index in [1.165, 1.54) is 6.42 Å². The predicted molar refractivity (Wildman–Crippen MR) is 79.7 cm³/mol. The van der Waals surface area contributed by atoms with Crippen molar-refractivity contribution in [3.63, 3.8) is 0 Å². The molecule has 1 fully saturated rings. The van der Waals surface area contributed by atoms with Gasteiger partial charge in [0, 0.05) is 23.8 Å². The van der Waals surface area contributed by atoms with Crippen LogP contribution < -0.4 is 5.32 Å². The standard InChI is InChI=1S/C15H21ClN2O/c1-10-6-11(2)9-18(8-10)15(19)17-13-5-4-12(3)14(16)7-13/h4-5,7,10-11H,6,8-9H2,1-3H3,(H,17,19)/t10-,11-/m1/s1. The lowest BCUT2D eigenvalue weighted by Gasteiger charge is -2.34. The van der Waals surface area contributed by atoms with Crippen LogP contribution in [0, 0.1) is 18.8 Å². The first kappa shape index (κ1) is 14.2. The molecule has 0 radical (unpaired) electrons. The van der Waals surface area contributed by atoms with E-state index in [1.807, 2.05) is 24.0 Å². The number of carbonyl (C=O) groups excluding carboxylic acids is 1. The zero-order valence-corrected chi connectivity index (χ0v) is 12.5. The Morgan fingerprint density at radius 1 is 1.32 bits per heavy atom. The number of likely N-dealkylation sites (tertiary alicyclic amines) is 1. The minimum atomic E-state index is -0.0293. The van der Waals surface area contributed by atoms with Crippen molar-refractivity contribution in [3.05, 3.63) is 28.8 Å². The monoisotopic (exact) mass is 280 g/mol. The summed E-state index contributed by atoms with van der Waals surface area (Å²) in [6.07, 6.45) is 1.19. The normalized spacial score (nSPS) is 23.3. The van der Waals surface area contributed by atoms with Crippen molar-refractivity contribution in [2.24, 2.45) is 11.8 Å². The van der Waals surface area contributed by atoms with Gasteiger partial charge in [-0.25, -0.2) is 4.79 Å². The van der Waals surface area contributed by atoms with E-state index < -0.39 is 0 Å². The molecule has 1 aromatic carbocycles. The number of nitrogens with zero attached hydrogens (tertiary/aromatic N) is 1. The van der Waals surface area contributed by atoms with Gasteiger partial charge >= 0.3 is 6.03 Å². The van der Waals surface area contributed by atoms with Crippen molar-refractivity contribution < 1.29 is 4.79 Å². The van der Waals surface area contributed by atoms with Crippen LogP contribution in [0.1, 0.15) is 25.8 Å². The van der Waals surface area contributed by atoms with Crippen LogP contribution in [0.4, 0.5) is 10.5 Å². The molecule has 1 aliphatic rings. The number of rotatable bonds is 1. The molecule has 1 N–H and O–H groups in total. The van der Waals surface area contributed by atoms with Crippen LogP contribution in [0.15, 0.2) is 18.2 Å². The minimum absolute atomic E-state index is 0.0293. The molecule has 4 heteroatoms. The Balaban J connectivity index is 2.02. The van der Waals surface area contributed by atoms with Crippen LogP contribution in [0.25, 0.3) is 0 Å². The highest BCUT2D eigenvalue weighted by atomic mass is 35.5. The maximum absolute atomic E-state index is 12.2. The SMILES string of the molecule is Cc1ccc(NC(=O)N2C[C@H](C)C[C@@H](C)C2)cc1Cl. The van der Waals surface area contributed by atoms with Crippen LogP contribution in [-0.2, 0) is 0 Å². The van der Waals surface area contributed by atoms with Gasteiger partial charge in [0.15, 0.2) is 0 Å². The second-order valence-corrected chi connectivity index (χ2v) is 6.15. The molecule has 3 nitrogen and oxygen atoms in total. The number of benzene rings is 1. The van der Waals surface area contributed by atoms with Gasteiger partial charge in [-0.3, -0.25) is 0 Å². The molecule has 1 aliphatic heterocycles. The number of hydrogen-bond acceptors (Lipinski definition) is 1. The molecule has 0 aromatic heterocycles. The zero-order valence-electron chi connectivity index (χ0n) is 11.7. The number of piperidine rings is 1. The second-order valence-electron chi connectivity index (χ2n) is 5.75. The second kappa shape index (κ2) is 5.83. The quantitative estimate of drug-likeness (QED) is 0.823. The zero-order chi connectivity index (χ0) is 14.0. The molecule has 2 atom stereocenters. The number of hydrogen-bond donors (Lipinski definition) is 1. The molecule has 1 aromatic rings. The van der Waals surface area contributed by atoms with Gasteiger partial charge in [-0.15, -0.1) is 0 Å². The molecule has 19 heavy (non-hydrogen) atoms. The van der Waals surface area contributed by atoms with E-state index >= 15 is 0 Å². The predicted octanol–water partition coefficient (Wildman–Crippen LogP) is 4.16. The number of nitrogens with one attached hydrogen (secondary N) is 1. The summed E-state index contributed by atoms with van der Waals surface area (Å²) >= 11 is 6.06. The lowest BCUT2D eigenvalue weighted by molar-refractivity contribution is 0.156. The van der Waals surface area contributed by atoms with Gasteiger partial charge in [0.05, 0.1) is 0 Å². The van der Waals surface area contributed by atoms with E-state index in [0.29, 0.717) is 16.9 Å². The van der Waals surface area contributed by atoms with Crippen LogP contribution in [0.5, 0.6) is 0 Å². The van der Waals surface area contributed by atoms with Crippen LogP contribution in [0.2, 0.25) is 5.02 Å². The molecule has 0 bridgehead atoms. The minimum Gasteiger partial charge on any atom is -0.324 e. The number of anilines is 1. The van der Waals surface area contributed by atoms with Crippen LogP contribution in [0.3, 0.4) is 0 Å². The van der Waals surface area contributed by atoms with Gasteiger partial charge in [0.1, 0.15) is 0 Å². The molecule has 2 rings (SSSR count). The molecule has 1 heterocycles. The van der Waals surface area contributed by atoms with Crippen molar-refractivity contribution in [2.45, 2.75) is 27.2 Å². The summed E-state index contributed by atoms with van der Waals surface area (Å²) in [5.41, 5.74) is 1.77. The van der Waals surface area contributed by atoms with Crippen molar-refractivity contribution in [1.29, 1.82) is 0 Å². The van der Waals surface area contributed by atoms with Crippen LogP contribution in [-0.4, -0.2) is 24.0 Å². The average molecular weight is 281 g/mol. The molecule has 0 spiro atoms. The smallest absolute Gasteiger partial charge is 0.321 e. The van der Waals surface area contributed by atoms with Crippen LogP contribution >= 0.6 is 11.6 Å². The summed E-state index contributed by atoms with van der Waals surface area (Å²) < 4.78 is 0. The summed E-state index contributed by atoms with van der Waals surface area (Å²) in [6.45, 7) is 7.99. The lowest BCUT2D eigenvalue weighted by Crippen LogP contribution is -2.44. The Morgan fingerprint density at radius 3 is 2.53 bits per heavy atom. The Hall–Kier alpha value is -1.22. The summed E-state index contributed by atoms with van der Waals surface area (Å²) in [5, 5.41) is 3.60. The maximum Gasteiger partial charge on any atom is 0.321 e. The Bertz CT molecular complexity index is 465. The van der Waals surface area contributed by atoms with E-state index in [9.17, 15) is 4.79 Å². The number of halogens is 1. The molecule has 0 aliphatic carbocycles.